The van der Waals surface area contributed by atoms with E-state index in [1.54, 1.807) is 27.5 Å². The lowest BCUT2D eigenvalue weighted by Gasteiger charge is -2.14. The van der Waals surface area contributed by atoms with Crippen molar-refractivity contribution in [2.75, 3.05) is 27.1 Å². The van der Waals surface area contributed by atoms with Gasteiger partial charge in [0, 0.05) is 11.6 Å². The van der Waals surface area contributed by atoms with Gasteiger partial charge in [-0.15, -0.1) is 0 Å². The second-order valence-electron chi connectivity index (χ2n) is 4.92. The van der Waals surface area contributed by atoms with E-state index in [0.717, 1.165) is 22.0 Å². The molecule has 0 amide bonds. The van der Waals surface area contributed by atoms with Crippen molar-refractivity contribution in [2.24, 2.45) is 0 Å². The first-order valence-corrected chi connectivity index (χ1v) is 6.99. The summed E-state index contributed by atoms with van der Waals surface area (Å²) in [5.74, 6) is 2.01. The number of aromatic nitrogens is 2. The highest BCUT2D eigenvalue weighted by Gasteiger charge is 2.14. The highest BCUT2D eigenvalue weighted by Crippen LogP contribution is 2.41. The molecule has 6 nitrogen and oxygen atoms in total. The summed E-state index contributed by atoms with van der Waals surface area (Å²) in [6, 6.07) is 9.68. The summed E-state index contributed by atoms with van der Waals surface area (Å²) in [6.07, 6.45) is 1.70. The third kappa shape index (κ3) is 2.70. The molecule has 1 aromatic heterocycles. The topological polar surface area (TPSA) is 79.5 Å². The van der Waals surface area contributed by atoms with Crippen LogP contribution in [-0.2, 0) is 0 Å². The standard InChI is InChI=1S/C17H17N3O3/c1-21-14-7-12(8-15(22-2)16(14)23-3)10-4-5-11-9-19-17(18)20-13(11)6-10/h4-9H,1-3H3,(H2,18,19,20). The van der Waals surface area contributed by atoms with Crippen LogP contribution in [0.15, 0.2) is 36.5 Å². The number of anilines is 1. The fourth-order valence-corrected chi connectivity index (χ4v) is 2.46. The van der Waals surface area contributed by atoms with Gasteiger partial charge in [0.15, 0.2) is 11.5 Å². The van der Waals surface area contributed by atoms with E-state index in [4.69, 9.17) is 19.9 Å². The lowest BCUT2D eigenvalue weighted by molar-refractivity contribution is 0.324. The Kier molecular flexibility index (Phi) is 3.89. The third-order valence-corrected chi connectivity index (χ3v) is 3.60. The van der Waals surface area contributed by atoms with Gasteiger partial charge in [0.2, 0.25) is 11.7 Å². The number of nitrogens with zero attached hydrogens (tertiary/aromatic N) is 2. The number of benzene rings is 2. The van der Waals surface area contributed by atoms with Crippen LogP contribution in [0.4, 0.5) is 5.95 Å². The second kappa shape index (κ2) is 6.00. The SMILES string of the molecule is COc1cc(-c2ccc3cnc(N)nc3c2)cc(OC)c1OC. The first-order valence-electron chi connectivity index (χ1n) is 6.99. The fourth-order valence-electron chi connectivity index (χ4n) is 2.46. The quantitative estimate of drug-likeness (QED) is 0.798. The van der Waals surface area contributed by atoms with Crippen molar-refractivity contribution in [1.29, 1.82) is 0 Å². The second-order valence-corrected chi connectivity index (χ2v) is 4.92. The van der Waals surface area contributed by atoms with E-state index in [0.29, 0.717) is 17.2 Å². The van der Waals surface area contributed by atoms with Gasteiger partial charge < -0.3 is 19.9 Å². The Hall–Kier alpha value is -3.02. The molecule has 0 radical (unpaired) electrons. The smallest absolute Gasteiger partial charge is 0.220 e. The highest BCUT2D eigenvalue weighted by molar-refractivity contribution is 5.85. The van der Waals surface area contributed by atoms with Crippen molar-refractivity contribution >= 4 is 16.9 Å². The molecule has 0 aliphatic heterocycles. The fraction of sp³-hybridized carbons (Fsp3) is 0.176. The molecule has 0 atom stereocenters. The number of hydrogen-bond donors (Lipinski definition) is 1. The lowest BCUT2D eigenvalue weighted by atomic mass is 10.0. The maximum absolute atomic E-state index is 5.66. The summed E-state index contributed by atoms with van der Waals surface area (Å²) >= 11 is 0. The first kappa shape index (κ1) is 14.9. The first-order chi connectivity index (χ1) is 11.2. The molecular formula is C17H17N3O3. The van der Waals surface area contributed by atoms with E-state index in [2.05, 4.69) is 9.97 Å². The van der Waals surface area contributed by atoms with Crippen LogP contribution in [0.25, 0.3) is 22.0 Å². The summed E-state index contributed by atoms with van der Waals surface area (Å²) in [5, 5.41) is 0.926. The zero-order chi connectivity index (χ0) is 16.4. The van der Waals surface area contributed by atoms with Gasteiger partial charge in [-0.05, 0) is 29.3 Å². The van der Waals surface area contributed by atoms with Crippen molar-refractivity contribution in [3.8, 4) is 28.4 Å². The zero-order valence-electron chi connectivity index (χ0n) is 13.2. The van der Waals surface area contributed by atoms with E-state index in [9.17, 15) is 0 Å². The Morgan fingerprint density at radius 2 is 1.57 bits per heavy atom. The number of hydrogen-bond acceptors (Lipinski definition) is 6. The molecule has 3 rings (SSSR count). The number of rotatable bonds is 4. The minimum absolute atomic E-state index is 0.250. The van der Waals surface area contributed by atoms with Crippen LogP contribution in [0, 0.1) is 0 Å². The van der Waals surface area contributed by atoms with Crippen LogP contribution in [0.2, 0.25) is 0 Å². The van der Waals surface area contributed by atoms with E-state index in [1.807, 2.05) is 30.3 Å². The predicted octanol–water partition coefficient (Wildman–Crippen LogP) is 2.90. The molecule has 0 aliphatic rings. The van der Waals surface area contributed by atoms with Gasteiger partial charge in [-0.1, -0.05) is 12.1 Å². The van der Waals surface area contributed by atoms with Crippen molar-refractivity contribution < 1.29 is 14.2 Å². The molecule has 0 spiro atoms. The normalized spacial score (nSPS) is 10.6. The molecule has 2 aromatic carbocycles. The molecule has 1 heterocycles. The molecule has 0 unspecified atom stereocenters. The van der Waals surface area contributed by atoms with Gasteiger partial charge in [-0.25, -0.2) is 9.97 Å². The number of nitrogen functional groups attached to an aromatic ring is 1. The van der Waals surface area contributed by atoms with Crippen LogP contribution < -0.4 is 19.9 Å². The number of methoxy groups -OCH3 is 3. The van der Waals surface area contributed by atoms with E-state index in [1.165, 1.54) is 0 Å². The van der Waals surface area contributed by atoms with Crippen molar-refractivity contribution in [1.82, 2.24) is 9.97 Å². The monoisotopic (exact) mass is 311 g/mol. The van der Waals surface area contributed by atoms with Crippen molar-refractivity contribution in [3.63, 3.8) is 0 Å². The molecule has 23 heavy (non-hydrogen) atoms. The largest absolute Gasteiger partial charge is 0.493 e. The molecule has 0 bridgehead atoms. The van der Waals surface area contributed by atoms with E-state index >= 15 is 0 Å². The lowest BCUT2D eigenvalue weighted by Crippen LogP contribution is -1.96. The maximum atomic E-state index is 5.66. The van der Waals surface area contributed by atoms with Crippen molar-refractivity contribution in [2.45, 2.75) is 0 Å². The van der Waals surface area contributed by atoms with Crippen LogP contribution in [-0.4, -0.2) is 31.3 Å². The average Bonchev–Trinajstić information content (AvgIpc) is 2.59. The molecule has 0 saturated heterocycles. The van der Waals surface area contributed by atoms with Gasteiger partial charge in [-0.3, -0.25) is 0 Å². The van der Waals surface area contributed by atoms with Gasteiger partial charge in [0.1, 0.15) is 0 Å². The van der Waals surface area contributed by atoms with Crippen LogP contribution in [0.3, 0.4) is 0 Å². The van der Waals surface area contributed by atoms with E-state index in [-0.39, 0.29) is 5.95 Å². The van der Waals surface area contributed by atoms with Crippen LogP contribution >= 0.6 is 0 Å². The minimum Gasteiger partial charge on any atom is -0.493 e. The summed E-state index contributed by atoms with van der Waals surface area (Å²) in [6.45, 7) is 0. The van der Waals surface area contributed by atoms with Gasteiger partial charge >= 0.3 is 0 Å². The van der Waals surface area contributed by atoms with Gasteiger partial charge in [0.25, 0.3) is 0 Å². The molecule has 0 saturated carbocycles. The summed E-state index contributed by atoms with van der Waals surface area (Å²) in [5.41, 5.74) is 8.34. The number of fused-ring (bicyclic) bond motifs is 1. The molecule has 3 aromatic rings. The Labute approximate surface area is 133 Å². The average molecular weight is 311 g/mol. The summed E-state index contributed by atoms with van der Waals surface area (Å²) in [4.78, 5) is 8.26. The number of ether oxygens (including phenoxy) is 3. The van der Waals surface area contributed by atoms with Gasteiger partial charge in [-0.2, -0.15) is 0 Å². The van der Waals surface area contributed by atoms with E-state index < -0.39 is 0 Å². The highest BCUT2D eigenvalue weighted by atomic mass is 16.5. The molecule has 2 N–H and O–H groups in total. The summed E-state index contributed by atoms with van der Waals surface area (Å²) < 4.78 is 16.1. The van der Waals surface area contributed by atoms with Crippen LogP contribution in [0.5, 0.6) is 17.2 Å². The van der Waals surface area contributed by atoms with Crippen molar-refractivity contribution in [3.05, 3.63) is 36.5 Å². The van der Waals surface area contributed by atoms with Gasteiger partial charge in [0.05, 0.1) is 26.8 Å². The molecular weight excluding hydrogens is 294 g/mol. The maximum Gasteiger partial charge on any atom is 0.220 e. The molecule has 0 fully saturated rings. The zero-order valence-corrected chi connectivity index (χ0v) is 13.2. The Bertz CT molecular complexity index is 840. The number of nitrogens with two attached hydrogens (primary N) is 1. The summed E-state index contributed by atoms with van der Waals surface area (Å²) in [7, 11) is 4.76. The third-order valence-electron chi connectivity index (χ3n) is 3.60. The molecule has 118 valence electrons. The predicted molar refractivity (Wildman–Crippen MR) is 89.0 cm³/mol. The minimum atomic E-state index is 0.250. The Morgan fingerprint density at radius 3 is 2.17 bits per heavy atom. The molecule has 0 aliphatic carbocycles. The Balaban J connectivity index is 2.17. The Morgan fingerprint density at radius 1 is 0.870 bits per heavy atom. The van der Waals surface area contributed by atoms with Crippen LogP contribution in [0.1, 0.15) is 0 Å². The molecule has 6 heteroatoms.